The van der Waals surface area contributed by atoms with Gasteiger partial charge in [-0.2, -0.15) is 0 Å². The molecule has 0 atom stereocenters. The highest BCUT2D eigenvalue weighted by molar-refractivity contribution is 6.30. The third-order valence-corrected chi connectivity index (χ3v) is 2.92. The van der Waals surface area contributed by atoms with E-state index in [2.05, 4.69) is 0 Å². The second-order valence-corrected chi connectivity index (χ2v) is 4.12. The van der Waals surface area contributed by atoms with Crippen LogP contribution >= 0.6 is 23.2 Å². The van der Waals surface area contributed by atoms with Crippen molar-refractivity contribution in [2.24, 2.45) is 0 Å². The number of hydrogen-bond donors (Lipinski definition) is 0. The zero-order valence-corrected chi connectivity index (χ0v) is 9.89. The first-order chi connectivity index (χ1) is 7.72. The molecular weight excluding hydrogens is 246 g/mol. The third kappa shape index (κ3) is 2.21. The molecular formula is C13H9Cl2F. The fraction of sp³-hybridized carbons (Fsp3) is 0.0769. The largest absolute Gasteiger partial charge is 0.206 e. The van der Waals surface area contributed by atoms with E-state index in [1.165, 1.54) is 6.07 Å². The van der Waals surface area contributed by atoms with Crippen molar-refractivity contribution in [1.82, 2.24) is 0 Å². The molecule has 2 rings (SSSR count). The summed E-state index contributed by atoms with van der Waals surface area (Å²) >= 11 is 11.6. The first-order valence-electron chi connectivity index (χ1n) is 4.81. The van der Waals surface area contributed by atoms with Crippen LogP contribution in [-0.2, 0) is 5.88 Å². The van der Waals surface area contributed by atoms with Crippen molar-refractivity contribution in [3.8, 4) is 11.1 Å². The van der Waals surface area contributed by atoms with E-state index in [0.717, 1.165) is 11.1 Å². The second-order valence-electron chi connectivity index (χ2n) is 3.41. The Balaban J connectivity index is 2.58. The molecule has 0 nitrogen and oxygen atoms in total. The lowest BCUT2D eigenvalue weighted by atomic mass is 10.00. The maximum Gasteiger partial charge on any atom is 0.131 e. The highest BCUT2D eigenvalue weighted by atomic mass is 35.5. The van der Waals surface area contributed by atoms with Crippen LogP contribution in [0.3, 0.4) is 0 Å². The Bertz CT molecular complexity index is 492. The predicted molar refractivity (Wildman–Crippen MR) is 66.4 cm³/mol. The molecule has 2 aromatic carbocycles. The van der Waals surface area contributed by atoms with Gasteiger partial charge in [-0.3, -0.25) is 0 Å². The monoisotopic (exact) mass is 254 g/mol. The van der Waals surface area contributed by atoms with E-state index in [4.69, 9.17) is 23.2 Å². The molecule has 0 aromatic heterocycles. The minimum Gasteiger partial charge on any atom is -0.206 e. The fourth-order valence-corrected chi connectivity index (χ4v) is 1.97. The topological polar surface area (TPSA) is 0 Å². The van der Waals surface area contributed by atoms with Gasteiger partial charge in [0, 0.05) is 16.5 Å². The standard InChI is InChI=1S/C13H9Cl2F/c14-8-10-2-1-3-12(16)13(10)9-4-6-11(15)7-5-9/h1-7H,8H2. The molecule has 82 valence electrons. The molecule has 2 aromatic rings. The Kier molecular flexibility index (Phi) is 3.47. The Morgan fingerprint density at radius 3 is 2.31 bits per heavy atom. The quantitative estimate of drug-likeness (QED) is 0.670. The van der Waals surface area contributed by atoms with Gasteiger partial charge in [0.05, 0.1) is 0 Å². The highest BCUT2D eigenvalue weighted by Crippen LogP contribution is 2.28. The first-order valence-corrected chi connectivity index (χ1v) is 5.73. The van der Waals surface area contributed by atoms with Crippen LogP contribution in [0.4, 0.5) is 4.39 Å². The Labute approximate surface area is 104 Å². The summed E-state index contributed by atoms with van der Waals surface area (Å²) in [5.74, 6) is 0.0240. The van der Waals surface area contributed by atoms with Crippen molar-refractivity contribution in [2.75, 3.05) is 0 Å². The molecule has 0 radical (unpaired) electrons. The van der Waals surface area contributed by atoms with Gasteiger partial charge in [0.1, 0.15) is 5.82 Å². The molecule has 0 spiro atoms. The van der Waals surface area contributed by atoms with E-state index < -0.39 is 0 Å². The lowest BCUT2D eigenvalue weighted by molar-refractivity contribution is 0.630. The molecule has 0 bridgehead atoms. The van der Waals surface area contributed by atoms with Gasteiger partial charge < -0.3 is 0 Å². The average molecular weight is 255 g/mol. The highest BCUT2D eigenvalue weighted by Gasteiger charge is 2.09. The van der Waals surface area contributed by atoms with Gasteiger partial charge in [-0.25, -0.2) is 4.39 Å². The van der Waals surface area contributed by atoms with Crippen LogP contribution in [0, 0.1) is 5.82 Å². The smallest absolute Gasteiger partial charge is 0.131 e. The molecule has 0 aliphatic carbocycles. The van der Waals surface area contributed by atoms with Crippen molar-refractivity contribution in [2.45, 2.75) is 5.88 Å². The average Bonchev–Trinajstić information content (AvgIpc) is 2.30. The lowest BCUT2D eigenvalue weighted by Crippen LogP contribution is -1.90. The van der Waals surface area contributed by atoms with Gasteiger partial charge in [-0.1, -0.05) is 35.9 Å². The third-order valence-electron chi connectivity index (χ3n) is 2.38. The van der Waals surface area contributed by atoms with Crippen LogP contribution in [-0.4, -0.2) is 0 Å². The van der Waals surface area contributed by atoms with E-state index in [1.54, 1.807) is 30.3 Å². The van der Waals surface area contributed by atoms with E-state index in [1.807, 2.05) is 6.07 Å². The van der Waals surface area contributed by atoms with Gasteiger partial charge >= 0.3 is 0 Å². The summed E-state index contributed by atoms with van der Waals surface area (Å²) in [5, 5.41) is 0.632. The number of hydrogen-bond acceptors (Lipinski definition) is 0. The van der Waals surface area contributed by atoms with Crippen molar-refractivity contribution in [3.63, 3.8) is 0 Å². The van der Waals surface area contributed by atoms with Gasteiger partial charge in [-0.05, 0) is 29.3 Å². The van der Waals surface area contributed by atoms with Gasteiger partial charge in [-0.15, -0.1) is 11.6 Å². The maximum atomic E-state index is 13.7. The van der Waals surface area contributed by atoms with Crippen LogP contribution < -0.4 is 0 Å². The Morgan fingerprint density at radius 2 is 1.69 bits per heavy atom. The van der Waals surface area contributed by atoms with Gasteiger partial charge in [0.15, 0.2) is 0 Å². The lowest BCUT2D eigenvalue weighted by Gasteiger charge is -2.08. The summed E-state index contributed by atoms with van der Waals surface area (Å²) in [6, 6.07) is 12.0. The van der Waals surface area contributed by atoms with Crippen LogP contribution in [0.1, 0.15) is 5.56 Å². The fourth-order valence-electron chi connectivity index (χ4n) is 1.62. The Morgan fingerprint density at radius 1 is 1.00 bits per heavy atom. The molecule has 0 heterocycles. The molecule has 0 saturated carbocycles. The number of benzene rings is 2. The zero-order valence-electron chi connectivity index (χ0n) is 8.38. The normalized spacial score (nSPS) is 10.4. The van der Waals surface area contributed by atoms with Crippen LogP contribution in [0.2, 0.25) is 5.02 Å². The molecule has 0 saturated heterocycles. The van der Waals surface area contributed by atoms with Crippen LogP contribution in [0.25, 0.3) is 11.1 Å². The Hall–Kier alpha value is -1.05. The van der Waals surface area contributed by atoms with Crippen molar-refractivity contribution in [3.05, 3.63) is 58.9 Å². The van der Waals surface area contributed by atoms with E-state index in [0.29, 0.717) is 10.6 Å². The maximum absolute atomic E-state index is 13.7. The summed E-state index contributed by atoms with van der Waals surface area (Å²) < 4.78 is 13.7. The van der Waals surface area contributed by atoms with Crippen molar-refractivity contribution >= 4 is 23.2 Å². The number of alkyl halides is 1. The summed E-state index contributed by atoms with van der Waals surface area (Å²) in [5.41, 5.74) is 2.12. The van der Waals surface area contributed by atoms with E-state index in [9.17, 15) is 4.39 Å². The van der Waals surface area contributed by atoms with Gasteiger partial charge in [0.25, 0.3) is 0 Å². The molecule has 0 fully saturated rings. The molecule has 0 aliphatic heterocycles. The van der Waals surface area contributed by atoms with Crippen molar-refractivity contribution < 1.29 is 4.39 Å². The molecule has 0 amide bonds. The molecule has 0 N–H and O–H groups in total. The molecule has 16 heavy (non-hydrogen) atoms. The molecule has 0 aliphatic rings. The second kappa shape index (κ2) is 4.86. The SMILES string of the molecule is Fc1cccc(CCl)c1-c1ccc(Cl)cc1. The number of halogens is 3. The van der Waals surface area contributed by atoms with E-state index >= 15 is 0 Å². The van der Waals surface area contributed by atoms with Crippen molar-refractivity contribution in [1.29, 1.82) is 0 Å². The number of rotatable bonds is 2. The summed E-state index contributed by atoms with van der Waals surface area (Å²) in [6.45, 7) is 0. The minimum atomic E-state index is -0.263. The minimum absolute atomic E-state index is 0.263. The van der Waals surface area contributed by atoms with Crippen LogP contribution in [0.15, 0.2) is 42.5 Å². The van der Waals surface area contributed by atoms with Gasteiger partial charge in [0.2, 0.25) is 0 Å². The predicted octanol–water partition coefficient (Wildman–Crippen LogP) is 4.88. The first kappa shape index (κ1) is 11.4. The van der Waals surface area contributed by atoms with E-state index in [-0.39, 0.29) is 11.7 Å². The zero-order chi connectivity index (χ0) is 11.5. The summed E-state index contributed by atoms with van der Waals surface area (Å²) in [7, 11) is 0. The molecule has 3 heteroatoms. The van der Waals surface area contributed by atoms with Crippen LogP contribution in [0.5, 0.6) is 0 Å². The molecule has 0 unspecified atom stereocenters. The summed E-state index contributed by atoms with van der Waals surface area (Å²) in [4.78, 5) is 0. The summed E-state index contributed by atoms with van der Waals surface area (Å²) in [6.07, 6.45) is 0.